The number of benzene rings is 3. The number of nitrogens with zero attached hydrogens (tertiary/aromatic N) is 4. The van der Waals surface area contributed by atoms with Gasteiger partial charge in [0.2, 0.25) is 5.91 Å². The minimum absolute atomic E-state index is 0.188. The van der Waals surface area contributed by atoms with Gasteiger partial charge in [0.1, 0.15) is 5.54 Å². The van der Waals surface area contributed by atoms with E-state index in [-0.39, 0.29) is 5.91 Å². The van der Waals surface area contributed by atoms with E-state index in [2.05, 4.69) is 88.7 Å². The summed E-state index contributed by atoms with van der Waals surface area (Å²) in [6.07, 6.45) is 3.04. The molecule has 3 aromatic rings. The number of hydrogen-bond donors (Lipinski definition) is 0. The number of carbonyl (C=O) groups excluding carboxylic acids is 1. The Labute approximate surface area is 214 Å². The summed E-state index contributed by atoms with van der Waals surface area (Å²) in [6.45, 7) is 3.87. The lowest BCUT2D eigenvalue weighted by Crippen LogP contribution is -2.56. The molecular formula is C31H34N4O. The third-order valence-corrected chi connectivity index (χ3v) is 7.90. The molecule has 2 aliphatic heterocycles. The highest BCUT2D eigenvalue weighted by Crippen LogP contribution is 2.40. The Bertz CT molecular complexity index is 1130. The van der Waals surface area contributed by atoms with Gasteiger partial charge in [-0.05, 0) is 49.1 Å². The molecule has 1 spiro atoms. The smallest absolute Gasteiger partial charge is 0.250 e. The first kappa shape index (κ1) is 24.1. The molecule has 5 rings (SSSR count). The van der Waals surface area contributed by atoms with E-state index in [4.69, 9.17) is 5.26 Å². The molecule has 2 aliphatic rings. The molecule has 184 valence electrons. The number of para-hydroxylation sites is 1. The number of nitriles is 1. The van der Waals surface area contributed by atoms with Gasteiger partial charge in [-0.15, -0.1) is 0 Å². The van der Waals surface area contributed by atoms with Gasteiger partial charge in [0.15, 0.2) is 0 Å². The van der Waals surface area contributed by atoms with E-state index in [1.165, 1.54) is 11.1 Å². The molecule has 0 N–H and O–H groups in total. The van der Waals surface area contributed by atoms with Crippen molar-refractivity contribution in [1.29, 1.82) is 5.26 Å². The maximum Gasteiger partial charge on any atom is 0.250 e. The first-order valence-electron chi connectivity index (χ1n) is 13.0. The molecule has 5 nitrogen and oxygen atoms in total. The van der Waals surface area contributed by atoms with Gasteiger partial charge in [0, 0.05) is 31.2 Å². The van der Waals surface area contributed by atoms with Crippen molar-refractivity contribution in [2.24, 2.45) is 0 Å². The molecule has 36 heavy (non-hydrogen) atoms. The van der Waals surface area contributed by atoms with E-state index >= 15 is 0 Å². The zero-order valence-corrected chi connectivity index (χ0v) is 20.8. The number of carbonyl (C=O) groups is 1. The van der Waals surface area contributed by atoms with E-state index in [0.717, 1.165) is 44.6 Å². The Kier molecular flexibility index (Phi) is 7.34. The van der Waals surface area contributed by atoms with Crippen LogP contribution in [-0.2, 0) is 4.79 Å². The summed E-state index contributed by atoms with van der Waals surface area (Å²) >= 11 is 0. The quantitative estimate of drug-likeness (QED) is 0.443. The van der Waals surface area contributed by atoms with Gasteiger partial charge < -0.3 is 14.7 Å². The van der Waals surface area contributed by atoms with Crippen molar-refractivity contribution < 1.29 is 4.79 Å². The molecule has 0 saturated carbocycles. The molecule has 0 aromatic heterocycles. The third kappa shape index (κ3) is 4.87. The van der Waals surface area contributed by atoms with Gasteiger partial charge in [-0.1, -0.05) is 78.9 Å². The highest BCUT2D eigenvalue weighted by molar-refractivity contribution is 5.93. The second-order valence-electron chi connectivity index (χ2n) is 9.92. The van der Waals surface area contributed by atoms with Gasteiger partial charge in [0.25, 0.3) is 0 Å². The molecule has 5 heteroatoms. The molecule has 0 bridgehead atoms. The van der Waals surface area contributed by atoms with Crippen LogP contribution in [-0.4, -0.2) is 54.1 Å². The Balaban J connectivity index is 1.29. The van der Waals surface area contributed by atoms with Crippen LogP contribution in [0.5, 0.6) is 0 Å². The second-order valence-corrected chi connectivity index (χ2v) is 9.92. The molecule has 0 atom stereocenters. The van der Waals surface area contributed by atoms with Crippen LogP contribution in [0.1, 0.15) is 42.7 Å². The SMILES string of the molecule is N#CCCN1CN(c2ccccc2)C2(CCN(CCC(c3ccccc3)c3ccccc3)CC2)C1=O. The second kappa shape index (κ2) is 11.0. The van der Waals surface area contributed by atoms with Crippen LogP contribution in [0.4, 0.5) is 5.69 Å². The highest BCUT2D eigenvalue weighted by Gasteiger charge is 2.53. The van der Waals surface area contributed by atoms with E-state index in [1.807, 2.05) is 23.1 Å². The molecule has 1 amide bonds. The molecule has 0 unspecified atom stereocenters. The summed E-state index contributed by atoms with van der Waals surface area (Å²) in [5.41, 5.74) is 3.29. The van der Waals surface area contributed by atoms with E-state index < -0.39 is 5.54 Å². The van der Waals surface area contributed by atoms with Crippen molar-refractivity contribution in [2.45, 2.75) is 37.1 Å². The number of amides is 1. The Hall–Kier alpha value is -3.62. The molecular weight excluding hydrogens is 444 g/mol. The monoisotopic (exact) mass is 478 g/mol. The zero-order valence-electron chi connectivity index (χ0n) is 20.8. The number of anilines is 1. The predicted octanol–water partition coefficient (Wildman–Crippen LogP) is 5.26. The Morgan fingerprint density at radius 1 is 0.806 bits per heavy atom. The standard InChI is InChI=1S/C31H34N4O/c32-20-10-21-34-25-35(28-15-8-3-9-16-28)31(30(34)36)18-23-33(24-19-31)22-17-29(26-11-4-1-5-12-26)27-13-6-2-7-14-27/h1-9,11-16,29H,10,17-19,21-25H2. The number of likely N-dealkylation sites (tertiary alicyclic amines) is 1. The number of piperidine rings is 1. The van der Waals surface area contributed by atoms with Crippen LogP contribution in [0.3, 0.4) is 0 Å². The lowest BCUT2D eigenvalue weighted by atomic mass is 9.84. The number of hydrogen-bond acceptors (Lipinski definition) is 4. The summed E-state index contributed by atoms with van der Waals surface area (Å²) in [4.78, 5) is 20.4. The van der Waals surface area contributed by atoms with Crippen molar-refractivity contribution in [3.63, 3.8) is 0 Å². The van der Waals surface area contributed by atoms with Gasteiger partial charge in [-0.2, -0.15) is 5.26 Å². The van der Waals surface area contributed by atoms with E-state index in [9.17, 15) is 4.79 Å². The molecule has 2 heterocycles. The summed E-state index contributed by atoms with van der Waals surface area (Å²) in [7, 11) is 0. The van der Waals surface area contributed by atoms with Crippen molar-refractivity contribution in [3.8, 4) is 6.07 Å². The molecule has 2 fully saturated rings. The maximum atomic E-state index is 13.7. The van der Waals surface area contributed by atoms with Gasteiger partial charge in [-0.25, -0.2) is 0 Å². The molecule has 2 saturated heterocycles. The average molecular weight is 479 g/mol. The fourth-order valence-electron chi connectivity index (χ4n) is 5.91. The van der Waals surface area contributed by atoms with Crippen molar-refractivity contribution >= 4 is 11.6 Å². The summed E-state index contributed by atoms with van der Waals surface area (Å²) in [6, 6.07) is 34.0. The van der Waals surface area contributed by atoms with Crippen LogP contribution >= 0.6 is 0 Å². The molecule has 0 radical (unpaired) electrons. The average Bonchev–Trinajstić information content (AvgIpc) is 3.21. The minimum Gasteiger partial charge on any atom is -0.339 e. The van der Waals surface area contributed by atoms with Crippen LogP contribution in [0.15, 0.2) is 91.0 Å². The first-order chi connectivity index (χ1) is 17.7. The van der Waals surface area contributed by atoms with Gasteiger partial charge >= 0.3 is 0 Å². The van der Waals surface area contributed by atoms with Crippen molar-refractivity contribution in [1.82, 2.24) is 9.80 Å². The predicted molar refractivity (Wildman–Crippen MR) is 143 cm³/mol. The molecule has 0 aliphatic carbocycles. The Morgan fingerprint density at radius 3 is 1.92 bits per heavy atom. The largest absolute Gasteiger partial charge is 0.339 e. The summed E-state index contributed by atoms with van der Waals surface area (Å²) in [5.74, 6) is 0.548. The number of rotatable bonds is 8. The van der Waals surface area contributed by atoms with E-state index in [1.54, 1.807) is 0 Å². The van der Waals surface area contributed by atoms with Crippen molar-refractivity contribution in [2.75, 3.05) is 37.7 Å². The minimum atomic E-state index is -0.508. The van der Waals surface area contributed by atoms with Gasteiger partial charge in [-0.3, -0.25) is 4.79 Å². The summed E-state index contributed by atoms with van der Waals surface area (Å²) in [5, 5.41) is 9.09. The normalized spacial score (nSPS) is 17.6. The lowest BCUT2D eigenvalue weighted by molar-refractivity contribution is -0.133. The zero-order chi connectivity index (χ0) is 24.8. The van der Waals surface area contributed by atoms with Crippen LogP contribution in [0.25, 0.3) is 0 Å². The van der Waals surface area contributed by atoms with E-state index in [0.29, 0.717) is 25.6 Å². The third-order valence-electron chi connectivity index (χ3n) is 7.90. The van der Waals surface area contributed by atoms with Gasteiger partial charge in [0.05, 0.1) is 19.2 Å². The van der Waals surface area contributed by atoms with Crippen LogP contribution < -0.4 is 4.90 Å². The van der Waals surface area contributed by atoms with Crippen molar-refractivity contribution in [3.05, 3.63) is 102 Å². The maximum absolute atomic E-state index is 13.7. The van der Waals surface area contributed by atoms with Crippen LogP contribution in [0.2, 0.25) is 0 Å². The highest BCUT2D eigenvalue weighted by atomic mass is 16.2. The topological polar surface area (TPSA) is 50.6 Å². The van der Waals surface area contributed by atoms with Crippen LogP contribution in [0, 0.1) is 11.3 Å². The fraction of sp³-hybridized carbons (Fsp3) is 0.355. The molecule has 3 aromatic carbocycles. The lowest BCUT2D eigenvalue weighted by Gasteiger charge is -2.43. The first-order valence-corrected chi connectivity index (χ1v) is 13.0. The fourth-order valence-corrected chi connectivity index (χ4v) is 5.91. The Morgan fingerprint density at radius 2 is 1.36 bits per heavy atom. The summed E-state index contributed by atoms with van der Waals surface area (Å²) < 4.78 is 0.